The summed E-state index contributed by atoms with van der Waals surface area (Å²) in [5.74, 6) is 0. The van der Waals surface area contributed by atoms with Crippen molar-refractivity contribution >= 4 is 6.09 Å². The molecule has 0 aromatic heterocycles. The lowest BCUT2D eigenvalue weighted by molar-refractivity contribution is 0.0527. The van der Waals surface area contributed by atoms with Crippen molar-refractivity contribution in [3.05, 3.63) is 0 Å². The summed E-state index contributed by atoms with van der Waals surface area (Å²) in [4.78, 5) is 13.4. The highest BCUT2D eigenvalue weighted by atomic mass is 16.6. The average molecular weight is 289 g/mol. The van der Waals surface area contributed by atoms with Crippen molar-refractivity contribution in [1.29, 1.82) is 0 Å². The molecule has 0 saturated heterocycles. The van der Waals surface area contributed by atoms with Gasteiger partial charge in [0.1, 0.15) is 5.60 Å². The molecular formula is C14H31N3O3. The SMILES string of the molecule is CN(C)CCOCCNCCCNC(=O)OC(C)(C)C. The third kappa shape index (κ3) is 15.2. The van der Waals surface area contributed by atoms with E-state index in [1.54, 1.807) is 0 Å². The fraction of sp³-hybridized carbons (Fsp3) is 0.929. The molecule has 0 aromatic rings. The van der Waals surface area contributed by atoms with E-state index in [0.29, 0.717) is 13.2 Å². The van der Waals surface area contributed by atoms with E-state index in [4.69, 9.17) is 9.47 Å². The Morgan fingerprint density at radius 3 is 2.40 bits per heavy atom. The van der Waals surface area contributed by atoms with Crippen LogP contribution in [0.3, 0.4) is 0 Å². The number of amides is 1. The molecule has 0 aromatic carbocycles. The van der Waals surface area contributed by atoms with Gasteiger partial charge in [-0.1, -0.05) is 0 Å². The summed E-state index contributed by atoms with van der Waals surface area (Å²) in [7, 11) is 4.05. The van der Waals surface area contributed by atoms with Crippen molar-refractivity contribution in [1.82, 2.24) is 15.5 Å². The van der Waals surface area contributed by atoms with Crippen LogP contribution in [-0.4, -0.2) is 70.1 Å². The molecule has 0 aliphatic carbocycles. The maximum Gasteiger partial charge on any atom is 0.407 e. The van der Waals surface area contributed by atoms with Crippen LogP contribution in [0.1, 0.15) is 27.2 Å². The number of hydrogen-bond acceptors (Lipinski definition) is 5. The first-order valence-corrected chi connectivity index (χ1v) is 7.21. The predicted molar refractivity (Wildman–Crippen MR) is 81.1 cm³/mol. The minimum absolute atomic E-state index is 0.357. The van der Waals surface area contributed by atoms with Crippen molar-refractivity contribution in [2.24, 2.45) is 0 Å². The number of likely N-dealkylation sites (N-methyl/N-ethyl adjacent to an activating group) is 1. The Labute approximate surface area is 123 Å². The van der Waals surface area contributed by atoms with Gasteiger partial charge in [0.05, 0.1) is 13.2 Å². The molecule has 6 heteroatoms. The third-order valence-corrected chi connectivity index (χ3v) is 2.30. The standard InChI is InChI=1S/C14H31N3O3/c1-14(2,3)20-13(18)16-8-6-7-15-9-11-19-12-10-17(4)5/h15H,6-12H2,1-5H3,(H,16,18). The van der Waals surface area contributed by atoms with E-state index in [1.807, 2.05) is 34.9 Å². The van der Waals surface area contributed by atoms with Crippen LogP contribution >= 0.6 is 0 Å². The monoisotopic (exact) mass is 289 g/mol. The highest BCUT2D eigenvalue weighted by molar-refractivity contribution is 5.67. The average Bonchev–Trinajstić information content (AvgIpc) is 2.28. The zero-order valence-corrected chi connectivity index (χ0v) is 13.6. The molecule has 2 N–H and O–H groups in total. The van der Waals surface area contributed by atoms with Gasteiger partial charge in [-0.05, 0) is 47.8 Å². The van der Waals surface area contributed by atoms with E-state index in [2.05, 4.69) is 15.5 Å². The van der Waals surface area contributed by atoms with Crippen LogP contribution in [0.2, 0.25) is 0 Å². The normalized spacial score (nSPS) is 11.7. The van der Waals surface area contributed by atoms with Crippen LogP contribution in [-0.2, 0) is 9.47 Å². The molecule has 0 heterocycles. The molecule has 1 amide bonds. The van der Waals surface area contributed by atoms with Gasteiger partial charge in [-0.3, -0.25) is 0 Å². The molecule has 0 unspecified atom stereocenters. The first kappa shape index (κ1) is 19.1. The third-order valence-electron chi connectivity index (χ3n) is 2.30. The van der Waals surface area contributed by atoms with Gasteiger partial charge in [-0.2, -0.15) is 0 Å². The molecule has 0 bridgehead atoms. The highest BCUT2D eigenvalue weighted by Gasteiger charge is 2.15. The summed E-state index contributed by atoms with van der Waals surface area (Å²) < 4.78 is 10.6. The Morgan fingerprint density at radius 1 is 1.10 bits per heavy atom. The molecule has 0 aliphatic heterocycles. The minimum Gasteiger partial charge on any atom is -0.444 e. The molecule has 0 radical (unpaired) electrons. The second-order valence-corrected chi connectivity index (χ2v) is 5.95. The molecule has 20 heavy (non-hydrogen) atoms. The fourth-order valence-electron chi connectivity index (χ4n) is 1.34. The van der Waals surface area contributed by atoms with Crippen LogP contribution in [0.25, 0.3) is 0 Å². The number of carbonyl (C=O) groups is 1. The van der Waals surface area contributed by atoms with Crippen molar-refractivity contribution < 1.29 is 14.3 Å². The van der Waals surface area contributed by atoms with E-state index in [0.717, 1.165) is 32.7 Å². The molecule has 0 aliphatic rings. The number of alkyl carbamates (subject to hydrolysis) is 1. The van der Waals surface area contributed by atoms with E-state index in [-0.39, 0.29) is 6.09 Å². The second-order valence-electron chi connectivity index (χ2n) is 5.95. The summed E-state index contributed by atoms with van der Waals surface area (Å²) in [5.41, 5.74) is -0.438. The predicted octanol–water partition coefficient (Wildman–Crippen LogP) is 1.07. The number of ether oxygens (including phenoxy) is 2. The van der Waals surface area contributed by atoms with Crippen LogP contribution in [0.15, 0.2) is 0 Å². The largest absolute Gasteiger partial charge is 0.444 e. The summed E-state index contributed by atoms with van der Waals surface area (Å²) in [6.07, 6.45) is 0.515. The number of rotatable bonds is 10. The maximum absolute atomic E-state index is 11.3. The fourth-order valence-corrected chi connectivity index (χ4v) is 1.34. The van der Waals surface area contributed by atoms with Gasteiger partial charge in [0.2, 0.25) is 0 Å². The number of nitrogens with zero attached hydrogens (tertiary/aromatic N) is 1. The molecular weight excluding hydrogens is 258 g/mol. The van der Waals surface area contributed by atoms with Gasteiger partial charge < -0.3 is 25.0 Å². The zero-order chi connectivity index (χ0) is 15.4. The molecule has 0 saturated carbocycles. The van der Waals surface area contributed by atoms with Crippen LogP contribution < -0.4 is 10.6 Å². The Kier molecular flexibility index (Phi) is 10.4. The topological polar surface area (TPSA) is 62.8 Å². The van der Waals surface area contributed by atoms with Crippen molar-refractivity contribution in [3.63, 3.8) is 0 Å². The molecule has 6 nitrogen and oxygen atoms in total. The summed E-state index contributed by atoms with van der Waals surface area (Å²) in [6.45, 7) is 10.3. The van der Waals surface area contributed by atoms with Gasteiger partial charge in [-0.25, -0.2) is 4.79 Å². The number of carbonyl (C=O) groups excluding carboxylic acids is 1. The Balaban J connectivity index is 3.23. The molecule has 0 atom stereocenters. The summed E-state index contributed by atoms with van der Waals surface area (Å²) in [5, 5.41) is 5.99. The van der Waals surface area contributed by atoms with Gasteiger partial charge in [-0.15, -0.1) is 0 Å². The van der Waals surface area contributed by atoms with Crippen molar-refractivity contribution in [2.75, 3.05) is 53.5 Å². The van der Waals surface area contributed by atoms with Crippen LogP contribution in [0, 0.1) is 0 Å². The molecule has 0 spiro atoms. The lowest BCUT2D eigenvalue weighted by Gasteiger charge is -2.19. The Morgan fingerprint density at radius 2 is 1.80 bits per heavy atom. The van der Waals surface area contributed by atoms with Crippen molar-refractivity contribution in [2.45, 2.75) is 32.8 Å². The molecule has 0 fully saturated rings. The maximum atomic E-state index is 11.3. The summed E-state index contributed by atoms with van der Waals surface area (Å²) >= 11 is 0. The van der Waals surface area contributed by atoms with E-state index in [9.17, 15) is 4.79 Å². The second kappa shape index (κ2) is 10.9. The first-order chi connectivity index (χ1) is 9.31. The first-order valence-electron chi connectivity index (χ1n) is 7.21. The molecule has 0 rings (SSSR count). The lowest BCUT2D eigenvalue weighted by atomic mass is 10.2. The van der Waals surface area contributed by atoms with E-state index < -0.39 is 5.60 Å². The summed E-state index contributed by atoms with van der Waals surface area (Å²) in [6, 6.07) is 0. The van der Waals surface area contributed by atoms with E-state index >= 15 is 0 Å². The smallest absolute Gasteiger partial charge is 0.407 e. The number of hydrogen-bond donors (Lipinski definition) is 2. The number of nitrogens with one attached hydrogen (secondary N) is 2. The molecule has 120 valence electrons. The van der Waals surface area contributed by atoms with Gasteiger partial charge in [0, 0.05) is 19.6 Å². The van der Waals surface area contributed by atoms with Crippen molar-refractivity contribution in [3.8, 4) is 0 Å². The van der Waals surface area contributed by atoms with Crippen LogP contribution in [0.5, 0.6) is 0 Å². The quantitative estimate of drug-likeness (QED) is 0.589. The highest BCUT2D eigenvalue weighted by Crippen LogP contribution is 2.06. The van der Waals surface area contributed by atoms with Gasteiger partial charge in [0.25, 0.3) is 0 Å². The Bertz CT molecular complexity index is 253. The Hall–Kier alpha value is -0.850. The zero-order valence-electron chi connectivity index (χ0n) is 13.6. The van der Waals surface area contributed by atoms with Gasteiger partial charge >= 0.3 is 6.09 Å². The van der Waals surface area contributed by atoms with Crippen LogP contribution in [0.4, 0.5) is 4.79 Å². The van der Waals surface area contributed by atoms with E-state index in [1.165, 1.54) is 0 Å². The lowest BCUT2D eigenvalue weighted by Crippen LogP contribution is -2.34. The minimum atomic E-state index is -0.438. The van der Waals surface area contributed by atoms with Gasteiger partial charge in [0.15, 0.2) is 0 Å².